The largest absolute Gasteiger partial charge is 0.339 e. The van der Waals surface area contributed by atoms with Gasteiger partial charge in [-0.2, -0.15) is 0 Å². The van der Waals surface area contributed by atoms with Crippen molar-refractivity contribution in [2.45, 2.75) is 88.5 Å². The highest BCUT2D eigenvalue weighted by Gasteiger charge is 2.25. The molecule has 184 valence electrons. The molecule has 1 aliphatic carbocycles. The van der Waals surface area contributed by atoms with Gasteiger partial charge in [0.25, 0.3) is 0 Å². The molecular formula is C27H36N2O4S. The highest BCUT2D eigenvalue weighted by atomic mass is 32.2. The average Bonchev–Trinajstić information content (AvgIpc) is 2.81. The molecule has 1 atom stereocenters. The number of hydrogen-bond acceptors (Lipinski definition) is 5. The lowest BCUT2D eigenvalue weighted by Gasteiger charge is -2.21. The molecule has 0 amide bonds. The van der Waals surface area contributed by atoms with Crippen molar-refractivity contribution in [1.29, 1.82) is 0 Å². The zero-order valence-corrected chi connectivity index (χ0v) is 20.9. The van der Waals surface area contributed by atoms with Crippen molar-refractivity contribution < 1.29 is 18.0 Å². The van der Waals surface area contributed by atoms with Crippen molar-refractivity contribution in [2.75, 3.05) is 0 Å². The molecule has 1 aliphatic rings. The maximum absolute atomic E-state index is 13.1. The van der Waals surface area contributed by atoms with Gasteiger partial charge in [0.15, 0.2) is 0 Å². The number of sulfonamides is 1. The van der Waals surface area contributed by atoms with Gasteiger partial charge in [0.05, 0.1) is 23.1 Å². The van der Waals surface area contributed by atoms with Crippen molar-refractivity contribution in [1.82, 2.24) is 4.72 Å². The first-order valence-electron chi connectivity index (χ1n) is 12.3. The molecule has 0 unspecified atom stereocenters. The molecule has 1 N–H and O–H groups in total. The van der Waals surface area contributed by atoms with Crippen molar-refractivity contribution in [3.63, 3.8) is 0 Å². The number of benzene rings is 2. The lowest BCUT2D eigenvalue weighted by atomic mass is 9.97. The van der Waals surface area contributed by atoms with Crippen LogP contribution in [0.15, 0.2) is 64.6 Å². The van der Waals surface area contributed by atoms with E-state index in [9.17, 15) is 13.2 Å². The minimum Gasteiger partial charge on any atom is -0.318 e. The first-order chi connectivity index (χ1) is 16.4. The van der Waals surface area contributed by atoms with Crippen LogP contribution in [0.1, 0.15) is 75.3 Å². The van der Waals surface area contributed by atoms with E-state index in [-0.39, 0.29) is 11.3 Å². The van der Waals surface area contributed by atoms with Crippen LogP contribution in [-0.2, 0) is 26.1 Å². The average molecular weight is 485 g/mol. The van der Waals surface area contributed by atoms with E-state index in [1.54, 1.807) is 24.3 Å². The quantitative estimate of drug-likeness (QED) is 0.421. The van der Waals surface area contributed by atoms with Gasteiger partial charge in [-0.15, -0.1) is 0 Å². The van der Waals surface area contributed by atoms with Gasteiger partial charge in [-0.25, -0.2) is 17.9 Å². The number of rotatable bonds is 6. The molecule has 34 heavy (non-hydrogen) atoms. The molecular weight excluding hydrogens is 448 g/mol. The lowest BCUT2D eigenvalue weighted by molar-refractivity contribution is -0.142. The van der Waals surface area contributed by atoms with E-state index in [2.05, 4.69) is 9.88 Å². The molecule has 3 rings (SSSR count). The zero-order chi connectivity index (χ0) is 24.2. The molecule has 0 aromatic heterocycles. The number of hydrogen-bond donors (Lipinski definition) is 1. The van der Waals surface area contributed by atoms with E-state index in [1.807, 2.05) is 37.3 Å². The van der Waals surface area contributed by atoms with E-state index in [0.29, 0.717) is 18.6 Å². The van der Waals surface area contributed by atoms with Crippen molar-refractivity contribution in [3.8, 4) is 0 Å². The van der Waals surface area contributed by atoms with E-state index < -0.39 is 22.0 Å². The molecule has 6 nitrogen and oxygen atoms in total. The van der Waals surface area contributed by atoms with Crippen LogP contribution in [0, 0.1) is 6.92 Å². The van der Waals surface area contributed by atoms with Gasteiger partial charge in [0.2, 0.25) is 10.0 Å². The van der Waals surface area contributed by atoms with Crippen LogP contribution in [-0.4, -0.2) is 26.1 Å². The van der Waals surface area contributed by atoms with Crippen molar-refractivity contribution in [2.24, 2.45) is 5.16 Å². The zero-order valence-electron chi connectivity index (χ0n) is 20.0. The summed E-state index contributed by atoms with van der Waals surface area (Å²) in [7, 11) is -3.73. The molecule has 0 spiro atoms. The monoisotopic (exact) mass is 484 g/mol. The van der Waals surface area contributed by atoms with Crippen LogP contribution >= 0.6 is 0 Å². The Hall–Kier alpha value is -2.51. The van der Waals surface area contributed by atoms with Crippen LogP contribution < -0.4 is 4.72 Å². The van der Waals surface area contributed by atoms with Gasteiger partial charge in [-0.1, -0.05) is 98.1 Å². The minimum absolute atomic E-state index is 0.122. The molecule has 0 bridgehead atoms. The molecule has 7 heteroatoms. The smallest absolute Gasteiger partial charge is 0.318 e. The lowest BCUT2D eigenvalue weighted by Crippen LogP contribution is -2.41. The predicted molar refractivity (Wildman–Crippen MR) is 135 cm³/mol. The van der Waals surface area contributed by atoms with E-state index in [4.69, 9.17) is 4.84 Å². The third-order valence-corrected chi connectivity index (χ3v) is 7.65. The van der Waals surface area contributed by atoms with Gasteiger partial charge in [-0.05, 0) is 43.9 Å². The number of oxime groups is 1. The fourth-order valence-corrected chi connectivity index (χ4v) is 5.43. The summed E-state index contributed by atoms with van der Waals surface area (Å²) in [5.74, 6) is -0.454. The Bertz CT molecular complexity index is 1030. The van der Waals surface area contributed by atoms with Crippen LogP contribution in [0.25, 0.3) is 0 Å². The van der Waals surface area contributed by atoms with Gasteiger partial charge < -0.3 is 4.84 Å². The second-order valence-electron chi connectivity index (χ2n) is 9.06. The summed E-state index contributed by atoms with van der Waals surface area (Å²) in [6, 6.07) is 15.7. The van der Waals surface area contributed by atoms with Gasteiger partial charge >= 0.3 is 5.97 Å². The van der Waals surface area contributed by atoms with Gasteiger partial charge in [0.1, 0.15) is 0 Å². The normalized spacial score (nSPS) is 19.7. The maximum atomic E-state index is 13.1. The predicted octanol–water partition coefficient (Wildman–Crippen LogP) is 5.70. The highest BCUT2D eigenvalue weighted by molar-refractivity contribution is 7.89. The molecule has 1 saturated carbocycles. The Morgan fingerprint density at radius 1 is 0.912 bits per heavy atom. The third kappa shape index (κ3) is 8.69. The number of nitrogens with zero attached hydrogens (tertiary/aromatic N) is 1. The van der Waals surface area contributed by atoms with Crippen LogP contribution in [0.3, 0.4) is 0 Å². The third-order valence-electron chi connectivity index (χ3n) is 6.16. The summed E-state index contributed by atoms with van der Waals surface area (Å²) in [6.07, 6.45) is 9.96. The van der Waals surface area contributed by atoms with Crippen molar-refractivity contribution in [3.05, 3.63) is 65.7 Å². The Labute approximate surface area is 203 Å². The topological polar surface area (TPSA) is 84.8 Å². The first-order valence-corrected chi connectivity index (χ1v) is 13.8. The van der Waals surface area contributed by atoms with Crippen LogP contribution in [0.4, 0.5) is 0 Å². The maximum Gasteiger partial charge on any atom is 0.339 e. The van der Waals surface area contributed by atoms with E-state index in [0.717, 1.165) is 49.7 Å². The fraction of sp³-hybridized carbons (Fsp3) is 0.481. The fourth-order valence-electron chi connectivity index (χ4n) is 4.17. The second-order valence-corrected chi connectivity index (χ2v) is 10.8. The molecule has 0 heterocycles. The number of carbonyl (C=O) groups is 1. The number of aryl methyl sites for hydroxylation is 1. The summed E-state index contributed by atoms with van der Waals surface area (Å²) < 4.78 is 29.1. The van der Waals surface area contributed by atoms with Gasteiger partial charge in [-0.3, -0.25) is 0 Å². The molecule has 2 aromatic rings. The van der Waals surface area contributed by atoms with E-state index in [1.165, 1.54) is 12.8 Å². The standard InChI is InChI=1S/C27H36N2O4S/c1-22-17-19-24(20-18-22)34(31,32)29-26-16-12-7-5-3-2-4-6-11-15-25(26)28-33-27(30)21-23-13-9-8-10-14-23/h8-10,13-14,17-20,26,29H,2-7,11-12,15-16,21H2,1H3/b28-25+/t26-/m1/s1. The Balaban J connectivity index is 1.78. The molecule has 0 saturated heterocycles. The SMILES string of the molecule is Cc1ccc(S(=O)(=O)N[C@@H]2CCCCCCCCCC/C2=N\OC(=O)Cc2ccccc2)cc1. The Morgan fingerprint density at radius 2 is 1.53 bits per heavy atom. The summed E-state index contributed by atoms with van der Waals surface area (Å²) in [5.41, 5.74) is 2.44. The molecule has 0 aliphatic heterocycles. The second kappa shape index (κ2) is 13.4. The first kappa shape index (κ1) is 26.1. The van der Waals surface area contributed by atoms with Crippen LogP contribution in [0.5, 0.6) is 0 Å². The van der Waals surface area contributed by atoms with Gasteiger partial charge in [0, 0.05) is 0 Å². The molecule has 0 radical (unpaired) electrons. The number of carbonyl (C=O) groups excluding carboxylic acids is 1. The summed E-state index contributed by atoms with van der Waals surface area (Å²) in [6.45, 7) is 1.92. The summed E-state index contributed by atoms with van der Waals surface area (Å²) in [4.78, 5) is 17.9. The van der Waals surface area contributed by atoms with Crippen LogP contribution in [0.2, 0.25) is 0 Å². The Morgan fingerprint density at radius 3 is 2.21 bits per heavy atom. The van der Waals surface area contributed by atoms with Crippen molar-refractivity contribution >= 4 is 21.7 Å². The molecule has 1 fully saturated rings. The summed E-state index contributed by atoms with van der Waals surface area (Å²) in [5, 5.41) is 4.22. The number of nitrogens with one attached hydrogen (secondary N) is 1. The Kier molecular flexibility index (Phi) is 10.3. The molecule has 2 aromatic carbocycles. The van der Waals surface area contributed by atoms with E-state index >= 15 is 0 Å². The summed E-state index contributed by atoms with van der Waals surface area (Å²) >= 11 is 0. The minimum atomic E-state index is -3.73. The highest BCUT2D eigenvalue weighted by Crippen LogP contribution is 2.19.